The van der Waals surface area contributed by atoms with Crippen LogP contribution in [-0.4, -0.2) is 42.4 Å². The van der Waals surface area contributed by atoms with Crippen molar-refractivity contribution in [3.8, 4) is 0 Å². The minimum Gasteiger partial charge on any atom is -0.393 e. The Balaban J connectivity index is 3.22. The zero-order valence-electron chi connectivity index (χ0n) is 11.2. The molecule has 20 heavy (non-hydrogen) atoms. The summed E-state index contributed by atoms with van der Waals surface area (Å²) in [4.78, 5) is 9.72. The Hall–Kier alpha value is -1.71. The number of rotatable bonds is 6. The second-order valence-electron chi connectivity index (χ2n) is 4.42. The first-order valence-corrected chi connectivity index (χ1v) is 7.29. The first-order valence-electron chi connectivity index (χ1n) is 5.85. The number of nitro groups is 1. The Morgan fingerprint density at radius 2 is 2.10 bits per heavy atom. The van der Waals surface area contributed by atoms with Crippen LogP contribution in [0.25, 0.3) is 0 Å². The maximum absolute atomic E-state index is 12.3. The molecule has 1 aromatic carbocycles. The molecule has 0 saturated heterocycles. The van der Waals surface area contributed by atoms with Gasteiger partial charge in [0.15, 0.2) is 4.90 Å². The molecule has 1 rings (SSSR count). The van der Waals surface area contributed by atoms with Gasteiger partial charge in [-0.2, -0.15) is 0 Å². The van der Waals surface area contributed by atoms with Gasteiger partial charge in [-0.15, -0.1) is 0 Å². The minimum atomic E-state index is -4.03. The molecule has 9 heteroatoms. The van der Waals surface area contributed by atoms with Crippen LogP contribution in [0.15, 0.2) is 23.1 Å². The molecule has 0 fully saturated rings. The lowest BCUT2D eigenvalue weighted by molar-refractivity contribution is -0.386. The van der Waals surface area contributed by atoms with Crippen LogP contribution in [0.5, 0.6) is 0 Å². The highest BCUT2D eigenvalue weighted by Crippen LogP contribution is 2.31. The fraction of sp³-hybridized carbons (Fsp3) is 0.455. The van der Waals surface area contributed by atoms with Gasteiger partial charge in [-0.05, 0) is 25.5 Å². The topological polar surface area (TPSA) is 127 Å². The van der Waals surface area contributed by atoms with Crippen molar-refractivity contribution in [3.05, 3.63) is 28.3 Å². The third-order valence-electron chi connectivity index (χ3n) is 2.76. The van der Waals surface area contributed by atoms with Crippen LogP contribution in [0.3, 0.4) is 0 Å². The number of sulfonamides is 1. The number of hydrogen-bond acceptors (Lipinski definition) is 6. The zero-order valence-corrected chi connectivity index (χ0v) is 12.0. The lowest BCUT2D eigenvalue weighted by Crippen LogP contribution is -2.30. The first-order chi connectivity index (χ1) is 9.17. The number of aliphatic hydroxyl groups is 1. The fourth-order valence-electron chi connectivity index (χ4n) is 1.60. The van der Waals surface area contributed by atoms with E-state index < -0.39 is 31.6 Å². The molecule has 0 heterocycles. The average Bonchev–Trinajstić information content (AvgIpc) is 2.34. The van der Waals surface area contributed by atoms with E-state index in [1.54, 1.807) is 0 Å². The summed E-state index contributed by atoms with van der Waals surface area (Å²) >= 11 is 0. The molecule has 0 aromatic heterocycles. The SMILES string of the molecule is CC(O)CCN(C)S(=O)(=O)c1cccc(N)c1[N+](=O)[O-]. The number of nitrogen functional groups attached to an aromatic ring is 1. The van der Waals surface area contributed by atoms with Gasteiger partial charge in [0, 0.05) is 13.6 Å². The third-order valence-corrected chi connectivity index (χ3v) is 4.65. The van der Waals surface area contributed by atoms with E-state index in [0.29, 0.717) is 0 Å². The fourth-order valence-corrected chi connectivity index (χ4v) is 2.97. The Morgan fingerprint density at radius 3 is 2.60 bits per heavy atom. The molecule has 0 bridgehead atoms. The van der Waals surface area contributed by atoms with E-state index in [-0.39, 0.29) is 18.7 Å². The molecule has 0 aliphatic carbocycles. The maximum Gasteiger partial charge on any atom is 0.312 e. The number of nitrogens with two attached hydrogens (primary N) is 1. The van der Waals surface area contributed by atoms with Crippen molar-refractivity contribution in [3.63, 3.8) is 0 Å². The number of aliphatic hydroxyl groups excluding tert-OH is 1. The van der Waals surface area contributed by atoms with Crippen molar-refractivity contribution in [1.29, 1.82) is 0 Å². The Bertz CT molecular complexity index is 600. The molecule has 0 saturated carbocycles. The summed E-state index contributed by atoms with van der Waals surface area (Å²) in [6.07, 6.45) is -0.435. The number of nitro benzene ring substituents is 1. The van der Waals surface area contributed by atoms with Crippen LogP contribution in [0, 0.1) is 10.1 Å². The second kappa shape index (κ2) is 6.16. The molecular formula is C11H17N3O5S. The molecule has 0 aliphatic rings. The molecule has 112 valence electrons. The number of para-hydroxylation sites is 1. The van der Waals surface area contributed by atoms with Crippen LogP contribution >= 0.6 is 0 Å². The van der Waals surface area contributed by atoms with E-state index >= 15 is 0 Å². The number of nitrogens with zero attached hydrogens (tertiary/aromatic N) is 2. The highest BCUT2D eigenvalue weighted by molar-refractivity contribution is 7.89. The molecule has 0 aliphatic heterocycles. The Morgan fingerprint density at radius 1 is 1.50 bits per heavy atom. The summed E-state index contributed by atoms with van der Waals surface area (Å²) in [7, 11) is -2.74. The Labute approximate surface area is 117 Å². The van der Waals surface area contributed by atoms with Gasteiger partial charge in [0.05, 0.1) is 11.0 Å². The second-order valence-corrected chi connectivity index (χ2v) is 6.43. The monoisotopic (exact) mass is 303 g/mol. The van der Waals surface area contributed by atoms with Crippen molar-refractivity contribution in [2.24, 2.45) is 0 Å². The molecule has 8 nitrogen and oxygen atoms in total. The standard InChI is InChI=1S/C11H17N3O5S/c1-8(15)6-7-13(2)20(18,19)10-5-3-4-9(12)11(10)14(16)17/h3-5,8,15H,6-7,12H2,1-2H3. The van der Waals surface area contributed by atoms with Gasteiger partial charge in [0.2, 0.25) is 10.0 Å². The number of benzene rings is 1. The largest absolute Gasteiger partial charge is 0.393 e. The normalized spacial score (nSPS) is 13.4. The van der Waals surface area contributed by atoms with Crippen LogP contribution in [0.4, 0.5) is 11.4 Å². The van der Waals surface area contributed by atoms with Crippen LogP contribution < -0.4 is 5.73 Å². The summed E-state index contributed by atoms with van der Waals surface area (Å²) in [5, 5.41) is 20.2. The van der Waals surface area contributed by atoms with Crippen molar-refractivity contribution >= 4 is 21.4 Å². The summed E-state index contributed by atoms with van der Waals surface area (Å²) in [5.74, 6) is 0. The van der Waals surface area contributed by atoms with Gasteiger partial charge in [0.25, 0.3) is 0 Å². The van der Waals surface area contributed by atoms with E-state index in [0.717, 1.165) is 10.4 Å². The van der Waals surface area contributed by atoms with Crippen molar-refractivity contribution in [2.75, 3.05) is 19.3 Å². The lowest BCUT2D eigenvalue weighted by Gasteiger charge is -2.18. The lowest BCUT2D eigenvalue weighted by atomic mass is 10.3. The highest BCUT2D eigenvalue weighted by atomic mass is 32.2. The van der Waals surface area contributed by atoms with E-state index in [9.17, 15) is 23.6 Å². The highest BCUT2D eigenvalue weighted by Gasteiger charge is 2.31. The summed E-state index contributed by atoms with van der Waals surface area (Å²) < 4.78 is 25.6. The minimum absolute atomic E-state index is 0.0476. The first kappa shape index (κ1) is 16.3. The predicted molar refractivity (Wildman–Crippen MR) is 73.6 cm³/mol. The van der Waals surface area contributed by atoms with Gasteiger partial charge >= 0.3 is 5.69 Å². The molecule has 1 unspecified atom stereocenters. The quantitative estimate of drug-likeness (QED) is 0.449. The Kier molecular flexibility index (Phi) is 5.03. The van der Waals surface area contributed by atoms with Crippen molar-refractivity contribution in [1.82, 2.24) is 4.31 Å². The van der Waals surface area contributed by atoms with Crippen LogP contribution in [-0.2, 0) is 10.0 Å². The third kappa shape index (κ3) is 3.44. The van der Waals surface area contributed by atoms with E-state index in [1.165, 1.54) is 26.1 Å². The number of anilines is 1. The smallest absolute Gasteiger partial charge is 0.312 e. The van der Waals surface area contributed by atoms with Gasteiger partial charge in [-0.3, -0.25) is 10.1 Å². The molecular weight excluding hydrogens is 286 g/mol. The van der Waals surface area contributed by atoms with Crippen molar-refractivity contribution < 1.29 is 18.4 Å². The maximum atomic E-state index is 12.3. The number of hydrogen-bond donors (Lipinski definition) is 2. The van der Waals surface area contributed by atoms with Crippen molar-refractivity contribution in [2.45, 2.75) is 24.3 Å². The molecule has 3 N–H and O–H groups in total. The van der Waals surface area contributed by atoms with E-state index in [2.05, 4.69) is 0 Å². The van der Waals surface area contributed by atoms with Gasteiger partial charge in [-0.1, -0.05) is 6.07 Å². The summed E-state index contributed by atoms with van der Waals surface area (Å²) in [5.41, 5.74) is 4.64. The molecule has 0 spiro atoms. The van der Waals surface area contributed by atoms with Gasteiger partial charge in [0.1, 0.15) is 5.69 Å². The average molecular weight is 303 g/mol. The van der Waals surface area contributed by atoms with E-state index in [1.807, 2.05) is 0 Å². The van der Waals surface area contributed by atoms with Crippen LogP contribution in [0.1, 0.15) is 13.3 Å². The van der Waals surface area contributed by atoms with Gasteiger partial charge in [-0.25, -0.2) is 12.7 Å². The molecule has 0 amide bonds. The predicted octanol–water partition coefficient (Wildman–Crippen LogP) is 0.568. The summed E-state index contributed by atoms with van der Waals surface area (Å²) in [6.45, 7) is 1.58. The molecule has 1 atom stereocenters. The zero-order chi connectivity index (χ0) is 15.5. The van der Waals surface area contributed by atoms with E-state index in [4.69, 9.17) is 5.73 Å². The molecule has 0 radical (unpaired) electrons. The summed E-state index contributed by atoms with van der Waals surface area (Å²) in [6, 6.07) is 3.76. The molecule has 1 aromatic rings. The van der Waals surface area contributed by atoms with Crippen LogP contribution in [0.2, 0.25) is 0 Å². The van der Waals surface area contributed by atoms with Gasteiger partial charge < -0.3 is 10.8 Å².